The number of ketones is 1. The summed E-state index contributed by atoms with van der Waals surface area (Å²) in [5.41, 5.74) is 0.815. The van der Waals surface area contributed by atoms with Gasteiger partial charge in [0.15, 0.2) is 11.5 Å². The van der Waals surface area contributed by atoms with Crippen molar-refractivity contribution >= 4 is 40.8 Å². The average Bonchev–Trinajstić information content (AvgIpc) is 3.35. The zero-order valence-corrected chi connectivity index (χ0v) is 17.5. The summed E-state index contributed by atoms with van der Waals surface area (Å²) >= 11 is 12.8. The van der Waals surface area contributed by atoms with Gasteiger partial charge < -0.3 is 9.84 Å². The highest BCUT2D eigenvalue weighted by Crippen LogP contribution is 2.52. The summed E-state index contributed by atoms with van der Waals surface area (Å²) in [7, 11) is 0. The maximum absolute atomic E-state index is 13.2. The quantitative estimate of drug-likeness (QED) is 0.674. The van der Waals surface area contributed by atoms with Crippen molar-refractivity contribution in [2.24, 2.45) is 11.3 Å². The molecule has 2 N–H and O–H groups in total. The molecule has 6 nitrogen and oxygen atoms in total. The van der Waals surface area contributed by atoms with Gasteiger partial charge in [-0.15, -0.1) is 0 Å². The Balaban J connectivity index is 1.54. The Kier molecular flexibility index (Phi) is 5.11. The van der Waals surface area contributed by atoms with Crippen molar-refractivity contribution in [3.05, 3.63) is 38.6 Å². The number of hydrogen-bond donors (Lipinski definition) is 2. The van der Waals surface area contributed by atoms with E-state index in [0.29, 0.717) is 23.7 Å². The molecule has 2 aliphatic carbocycles. The van der Waals surface area contributed by atoms with E-state index >= 15 is 0 Å². The molecule has 154 valence electrons. The second-order valence-electron chi connectivity index (χ2n) is 8.15. The van der Waals surface area contributed by atoms with Crippen molar-refractivity contribution in [1.82, 2.24) is 5.32 Å². The number of fused-ring (bicyclic) bond motifs is 1. The summed E-state index contributed by atoms with van der Waals surface area (Å²) in [5, 5.41) is 12.0. The number of halogens is 2. The van der Waals surface area contributed by atoms with E-state index in [1.165, 1.54) is 0 Å². The van der Waals surface area contributed by atoms with E-state index in [1.807, 2.05) is 12.2 Å². The Bertz CT molecular complexity index is 964. The average molecular weight is 438 g/mol. The molecule has 0 radical (unpaired) electrons. The number of ether oxygens (including phenoxy) is 1. The molecule has 2 amide bonds. The van der Waals surface area contributed by atoms with Gasteiger partial charge in [0.2, 0.25) is 0 Å². The van der Waals surface area contributed by atoms with Crippen molar-refractivity contribution in [1.29, 1.82) is 0 Å². The molecule has 8 heteroatoms. The van der Waals surface area contributed by atoms with Gasteiger partial charge >= 0.3 is 0 Å². The predicted molar refractivity (Wildman–Crippen MR) is 107 cm³/mol. The molecule has 1 atom stereocenters. The Morgan fingerprint density at radius 1 is 1.17 bits per heavy atom. The topological polar surface area (TPSA) is 92.7 Å². The van der Waals surface area contributed by atoms with Crippen molar-refractivity contribution in [2.75, 3.05) is 6.61 Å². The van der Waals surface area contributed by atoms with Gasteiger partial charge in [-0.05, 0) is 36.8 Å². The summed E-state index contributed by atoms with van der Waals surface area (Å²) in [6.07, 6.45) is 5.01. The first-order valence-electron chi connectivity index (χ1n) is 9.70. The monoisotopic (exact) mass is 437 g/mol. The molecule has 3 aliphatic rings. The number of imide groups is 1. The summed E-state index contributed by atoms with van der Waals surface area (Å²) in [5.74, 6) is -1.32. The van der Waals surface area contributed by atoms with Crippen LogP contribution in [0.5, 0.6) is 5.75 Å². The van der Waals surface area contributed by atoms with Gasteiger partial charge in [0.25, 0.3) is 11.8 Å². The first-order valence-corrected chi connectivity index (χ1v) is 10.5. The molecule has 0 spiro atoms. The number of amides is 2. The minimum Gasteiger partial charge on any atom is -0.503 e. The minimum atomic E-state index is -0.812. The Labute approximate surface area is 178 Å². The minimum absolute atomic E-state index is 0.0166. The lowest BCUT2D eigenvalue weighted by Gasteiger charge is -2.29. The van der Waals surface area contributed by atoms with Crippen LogP contribution >= 0.6 is 23.2 Å². The molecule has 1 unspecified atom stereocenters. The van der Waals surface area contributed by atoms with Crippen LogP contribution in [0.3, 0.4) is 0 Å². The van der Waals surface area contributed by atoms with Crippen molar-refractivity contribution in [3.8, 4) is 5.75 Å². The van der Waals surface area contributed by atoms with E-state index in [1.54, 1.807) is 6.07 Å². The number of carbonyl (C=O) groups excluding carboxylic acids is 3. The molecule has 4 rings (SSSR count). The Morgan fingerprint density at radius 2 is 1.86 bits per heavy atom. The lowest BCUT2D eigenvalue weighted by atomic mass is 9.73. The molecular weight excluding hydrogens is 417 g/mol. The van der Waals surface area contributed by atoms with E-state index < -0.39 is 23.0 Å². The molecular formula is C21H21Cl2NO5. The molecule has 1 saturated carbocycles. The van der Waals surface area contributed by atoms with Crippen molar-refractivity contribution < 1.29 is 24.2 Å². The highest BCUT2D eigenvalue weighted by atomic mass is 35.5. The van der Waals surface area contributed by atoms with Crippen LogP contribution in [0, 0.1) is 11.3 Å². The van der Waals surface area contributed by atoms with Gasteiger partial charge in [-0.3, -0.25) is 19.7 Å². The molecule has 1 heterocycles. The van der Waals surface area contributed by atoms with Gasteiger partial charge in [-0.25, -0.2) is 0 Å². The predicted octanol–water partition coefficient (Wildman–Crippen LogP) is 4.17. The van der Waals surface area contributed by atoms with Crippen LogP contribution in [-0.2, 0) is 16.0 Å². The molecule has 1 aromatic rings. The summed E-state index contributed by atoms with van der Waals surface area (Å²) < 4.78 is 5.70. The van der Waals surface area contributed by atoms with Crippen LogP contribution in [0.1, 0.15) is 54.9 Å². The van der Waals surface area contributed by atoms with Crippen LogP contribution < -0.4 is 10.1 Å². The molecule has 29 heavy (non-hydrogen) atoms. The van der Waals surface area contributed by atoms with Crippen LogP contribution in [0.4, 0.5) is 0 Å². The lowest BCUT2D eigenvalue weighted by molar-refractivity contribution is -0.125. The van der Waals surface area contributed by atoms with Gasteiger partial charge in [-0.2, -0.15) is 0 Å². The third-order valence-electron chi connectivity index (χ3n) is 6.43. The van der Waals surface area contributed by atoms with Crippen molar-refractivity contribution in [2.45, 2.75) is 45.4 Å². The zero-order chi connectivity index (χ0) is 20.9. The van der Waals surface area contributed by atoms with E-state index in [2.05, 4.69) is 0 Å². The van der Waals surface area contributed by atoms with Gasteiger partial charge in [0.05, 0.1) is 17.2 Å². The van der Waals surface area contributed by atoms with E-state index in [-0.39, 0.29) is 34.4 Å². The number of Topliss-reactive ketones (excluding diaryl/α,β-unsaturated/α-hetero) is 1. The first kappa shape index (κ1) is 20.2. The smallest absolute Gasteiger partial charge is 0.293 e. The van der Waals surface area contributed by atoms with Crippen LogP contribution in [0.2, 0.25) is 10.0 Å². The fourth-order valence-corrected chi connectivity index (χ4v) is 5.28. The van der Waals surface area contributed by atoms with Gasteiger partial charge in [-0.1, -0.05) is 43.0 Å². The van der Waals surface area contributed by atoms with E-state index in [0.717, 1.165) is 31.2 Å². The third-order valence-corrected chi connectivity index (χ3v) is 7.28. The number of carbonyl (C=O) groups is 3. The van der Waals surface area contributed by atoms with Gasteiger partial charge in [0.1, 0.15) is 10.8 Å². The maximum Gasteiger partial charge on any atom is 0.293 e. The second-order valence-corrected chi connectivity index (χ2v) is 8.91. The highest BCUT2D eigenvalue weighted by molar-refractivity contribution is 6.45. The highest BCUT2D eigenvalue weighted by Gasteiger charge is 2.49. The van der Waals surface area contributed by atoms with Crippen LogP contribution in [0.25, 0.3) is 0 Å². The lowest BCUT2D eigenvalue weighted by Crippen LogP contribution is -2.32. The van der Waals surface area contributed by atoms with Crippen molar-refractivity contribution in [3.63, 3.8) is 0 Å². The molecule has 1 fully saturated rings. The van der Waals surface area contributed by atoms with E-state index in [9.17, 15) is 19.5 Å². The fourth-order valence-electron chi connectivity index (χ4n) is 4.77. The molecule has 0 bridgehead atoms. The van der Waals surface area contributed by atoms with Gasteiger partial charge in [0, 0.05) is 17.4 Å². The molecule has 0 saturated heterocycles. The zero-order valence-electron chi connectivity index (χ0n) is 15.9. The molecule has 0 aromatic heterocycles. The SMILES string of the molecule is CC1(C2CCCC2)Cc2cc(OCCC3=C(O)C(=O)NC3=O)c(Cl)c(Cl)c2C1=O. The summed E-state index contributed by atoms with van der Waals surface area (Å²) in [4.78, 5) is 36.1. The second kappa shape index (κ2) is 7.33. The summed E-state index contributed by atoms with van der Waals surface area (Å²) in [6, 6.07) is 1.75. The normalized spacial score (nSPS) is 24.4. The Hall–Kier alpha value is -2.05. The van der Waals surface area contributed by atoms with Crippen LogP contribution in [-0.4, -0.2) is 29.3 Å². The number of aliphatic hydroxyl groups is 1. The fraction of sp³-hybridized carbons (Fsp3) is 0.476. The standard InChI is InChI=1S/C21H21Cl2NO5/c1-21(11-4-2-3-5-11)9-10-8-13(15(22)16(23)14(10)18(21)26)29-7-6-12-17(25)20(28)24-19(12)27/h8,11H,2-7,9H2,1H3,(H2,24,25,27,28). The number of rotatable bonds is 5. The number of aliphatic hydroxyl groups excluding tert-OH is 1. The largest absolute Gasteiger partial charge is 0.503 e. The number of nitrogens with one attached hydrogen (secondary N) is 1. The molecule has 1 aromatic carbocycles. The third kappa shape index (κ3) is 3.22. The number of hydrogen-bond acceptors (Lipinski definition) is 5. The Morgan fingerprint density at radius 3 is 2.48 bits per heavy atom. The first-order chi connectivity index (χ1) is 13.7. The maximum atomic E-state index is 13.2. The van der Waals surface area contributed by atoms with Crippen LogP contribution in [0.15, 0.2) is 17.4 Å². The summed E-state index contributed by atoms with van der Waals surface area (Å²) in [6.45, 7) is 2.03. The number of benzene rings is 1. The van der Waals surface area contributed by atoms with E-state index in [4.69, 9.17) is 27.9 Å². The molecule has 1 aliphatic heterocycles.